The standard InChI is InChI=1S/C52H64N10O7S/c1-34-9-8-10-38(27-34)31-55-60-43-29-44(61-22-25-68-26-23-61)58-51(57-43)69-24-21-36-15-19-40(20-16-36)56-45(64)11-6-7-12-46(65)59-48(52(3,4)5)50(67)62-32-41(63)28-42(62)49(66)53-30-37-13-17-39(18-14-37)47-35(2)54-33-70-47/h8-10,13-20,27,29,31,33,41-42,48,63H,6-7,11-12,21-26,28,30,32H2,1-5H3,(H,53,66)(H,56,64)(H,59,65)(H,57,58,60). The van der Waals surface area contributed by atoms with Crippen LogP contribution in [0.1, 0.15) is 80.8 Å². The van der Waals surface area contributed by atoms with E-state index in [0.717, 1.165) is 44.2 Å². The molecular weight excluding hydrogens is 909 g/mol. The van der Waals surface area contributed by atoms with Crippen molar-refractivity contribution in [1.82, 2.24) is 30.5 Å². The summed E-state index contributed by atoms with van der Waals surface area (Å²) in [5.41, 5.74) is 10.8. The number of benzene rings is 3. The molecule has 5 N–H and O–H groups in total. The van der Waals surface area contributed by atoms with Crippen molar-refractivity contribution in [3.63, 3.8) is 0 Å². The lowest BCUT2D eigenvalue weighted by Crippen LogP contribution is -2.57. The van der Waals surface area contributed by atoms with Crippen molar-refractivity contribution in [2.75, 3.05) is 55.1 Å². The van der Waals surface area contributed by atoms with Gasteiger partial charge in [-0.1, -0.05) is 87.0 Å². The topological polar surface area (TPSA) is 213 Å². The molecule has 0 spiro atoms. The number of hydrogen-bond acceptors (Lipinski definition) is 14. The first-order chi connectivity index (χ1) is 33.7. The van der Waals surface area contributed by atoms with E-state index < -0.39 is 29.5 Å². The van der Waals surface area contributed by atoms with Crippen LogP contribution in [0.3, 0.4) is 0 Å². The lowest BCUT2D eigenvalue weighted by atomic mass is 9.85. The normalized spacial score (nSPS) is 16.5. The number of likely N-dealkylation sites (tertiary alicyclic amines) is 1. The lowest BCUT2D eigenvalue weighted by molar-refractivity contribution is -0.144. The van der Waals surface area contributed by atoms with Crippen molar-refractivity contribution in [2.24, 2.45) is 10.5 Å². The van der Waals surface area contributed by atoms with Gasteiger partial charge in [0.05, 0.1) is 48.2 Å². The molecule has 3 unspecified atom stereocenters. The maximum absolute atomic E-state index is 14.0. The van der Waals surface area contributed by atoms with Crippen molar-refractivity contribution >= 4 is 58.5 Å². The smallest absolute Gasteiger partial charge is 0.320 e. The van der Waals surface area contributed by atoms with E-state index in [0.29, 0.717) is 63.7 Å². The van der Waals surface area contributed by atoms with Gasteiger partial charge in [-0.2, -0.15) is 15.1 Å². The molecular formula is C52H64N10O7S. The molecule has 70 heavy (non-hydrogen) atoms. The summed E-state index contributed by atoms with van der Waals surface area (Å²) < 4.78 is 11.6. The van der Waals surface area contributed by atoms with E-state index in [1.54, 1.807) is 17.6 Å². The quantitative estimate of drug-likeness (QED) is 0.0325. The minimum Gasteiger partial charge on any atom is -0.463 e. The zero-order valence-electron chi connectivity index (χ0n) is 40.6. The molecule has 17 nitrogen and oxygen atoms in total. The molecule has 18 heteroatoms. The van der Waals surface area contributed by atoms with Crippen LogP contribution in [-0.4, -0.2) is 112 Å². The number of carbonyl (C=O) groups excluding carboxylic acids is 4. The zero-order chi connectivity index (χ0) is 49.6. The predicted octanol–water partition coefficient (Wildman–Crippen LogP) is 6.43. The van der Waals surface area contributed by atoms with Crippen molar-refractivity contribution in [1.29, 1.82) is 0 Å². The Morgan fingerprint density at radius 3 is 2.37 bits per heavy atom. The van der Waals surface area contributed by atoms with Crippen LogP contribution < -0.4 is 31.0 Å². The number of nitrogens with zero attached hydrogens (tertiary/aromatic N) is 6. The molecule has 4 heterocycles. The van der Waals surface area contributed by atoms with Crippen molar-refractivity contribution < 1.29 is 33.8 Å². The molecule has 0 aliphatic carbocycles. The summed E-state index contributed by atoms with van der Waals surface area (Å²) in [6.07, 6.45) is 2.76. The molecule has 0 bridgehead atoms. The van der Waals surface area contributed by atoms with Gasteiger partial charge in [0.15, 0.2) is 5.82 Å². The Morgan fingerprint density at radius 2 is 1.67 bits per heavy atom. The Labute approximate surface area is 413 Å². The highest BCUT2D eigenvalue weighted by Crippen LogP contribution is 2.29. The number of aliphatic hydroxyl groups excluding tert-OH is 1. The minimum absolute atomic E-state index is 0.0133. The Balaban J connectivity index is 0.830. The maximum atomic E-state index is 14.0. The van der Waals surface area contributed by atoms with Crippen LogP contribution in [0.4, 0.5) is 17.3 Å². The van der Waals surface area contributed by atoms with Crippen LogP contribution in [0, 0.1) is 19.3 Å². The van der Waals surface area contributed by atoms with Crippen molar-refractivity contribution in [2.45, 2.75) is 97.9 Å². The first kappa shape index (κ1) is 51.1. The predicted molar refractivity (Wildman–Crippen MR) is 272 cm³/mol. The third kappa shape index (κ3) is 14.6. The van der Waals surface area contributed by atoms with E-state index in [4.69, 9.17) is 9.47 Å². The summed E-state index contributed by atoms with van der Waals surface area (Å²) in [6, 6.07) is 23.7. The maximum Gasteiger partial charge on any atom is 0.320 e. The van der Waals surface area contributed by atoms with Gasteiger partial charge in [0.2, 0.25) is 23.6 Å². The van der Waals surface area contributed by atoms with Crippen molar-refractivity contribution in [3.05, 3.63) is 112 Å². The SMILES string of the molecule is Cc1cccc(C=NNc2cc(N3CCOCC3)nc(OCCc3ccc(NC(=O)CCCCC(=O)NC(C(=O)N4CC(O)CC4C(=O)NCc4ccc(-c5scnc5C)cc4)C(C)(C)C)cc3)n2)c1. The van der Waals surface area contributed by atoms with E-state index in [-0.39, 0.29) is 56.1 Å². The number of hydrogen-bond donors (Lipinski definition) is 5. The number of thiazole rings is 1. The summed E-state index contributed by atoms with van der Waals surface area (Å²) in [7, 11) is 0. The third-order valence-corrected chi connectivity index (χ3v) is 13.1. The second kappa shape index (κ2) is 24.2. The van der Waals surface area contributed by atoms with Gasteiger partial charge in [-0.15, -0.1) is 11.3 Å². The number of rotatable bonds is 20. The number of aliphatic hydroxyl groups is 1. The number of unbranched alkanes of at least 4 members (excludes halogenated alkanes) is 1. The number of aryl methyl sites for hydroxylation is 2. The Morgan fingerprint density at radius 1 is 0.943 bits per heavy atom. The van der Waals surface area contributed by atoms with Crippen molar-refractivity contribution in [3.8, 4) is 16.5 Å². The van der Waals surface area contributed by atoms with E-state index in [9.17, 15) is 24.3 Å². The molecule has 2 aliphatic heterocycles. The first-order valence-electron chi connectivity index (χ1n) is 23.8. The second-order valence-electron chi connectivity index (χ2n) is 18.8. The highest BCUT2D eigenvalue weighted by molar-refractivity contribution is 7.13. The van der Waals surface area contributed by atoms with Gasteiger partial charge >= 0.3 is 6.01 Å². The van der Waals surface area contributed by atoms with Crippen LogP contribution in [0.2, 0.25) is 0 Å². The fraction of sp³-hybridized carbons (Fsp3) is 0.423. The summed E-state index contributed by atoms with van der Waals surface area (Å²) >= 11 is 1.57. The molecule has 3 atom stereocenters. The number of ether oxygens (including phenoxy) is 2. The molecule has 7 rings (SSSR count). The molecule has 2 fully saturated rings. The average molecular weight is 973 g/mol. The van der Waals surface area contributed by atoms with Gasteiger partial charge in [-0.25, -0.2) is 4.98 Å². The van der Waals surface area contributed by atoms with Gasteiger partial charge in [0, 0.05) is 63.6 Å². The first-order valence-corrected chi connectivity index (χ1v) is 24.7. The molecule has 3 aromatic carbocycles. The monoisotopic (exact) mass is 972 g/mol. The summed E-state index contributed by atoms with van der Waals surface area (Å²) in [5.74, 6) is -0.0701. The highest BCUT2D eigenvalue weighted by atomic mass is 32.1. The third-order valence-electron chi connectivity index (χ3n) is 12.1. The molecule has 5 aromatic rings. The van der Waals surface area contributed by atoms with E-state index >= 15 is 0 Å². The molecule has 370 valence electrons. The van der Waals surface area contributed by atoms with Gasteiger partial charge in [0.25, 0.3) is 0 Å². The fourth-order valence-corrected chi connectivity index (χ4v) is 9.05. The number of anilines is 3. The molecule has 4 amide bonds. The second-order valence-corrected chi connectivity index (χ2v) is 19.6. The van der Waals surface area contributed by atoms with E-state index in [2.05, 4.69) is 46.3 Å². The van der Waals surface area contributed by atoms with E-state index in [1.807, 2.05) is 119 Å². The number of morpholine rings is 1. The fourth-order valence-electron chi connectivity index (χ4n) is 8.24. The summed E-state index contributed by atoms with van der Waals surface area (Å²) in [6.45, 7) is 12.7. The van der Waals surface area contributed by atoms with Crippen LogP contribution in [-0.2, 0) is 36.9 Å². The number of β-amino-alcohol motifs (C(OH)–C–C–N with tert-alkyl or cyclic N) is 1. The summed E-state index contributed by atoms with van der Waals surface area (Å²) in [4.78, 5) is 71.8. The van der Waals surface area contributed by atoms with E-state index in [1.165, 1.54) is 4.90 Å². The zero-order valence-corrected chi connectivity index (χ0v) is 41.4. The summed E-state index contributed by atoms with van der Waals surface area (Å²) in [5, 5.41) is 23.7. The Hall–Kier alpha value is -6.76. The van der Waals surface area contributed by atoms with Crippen LogP contribution >= 0.6 is 11.3 Å². The number of nitrogens with one attached hydrogen (secondary N) is 4. The number of aromatic nitrogens is 3. The molecule has 0 saturated carbocycles. The Kier molecular flexibility index (Phi) is 17.7. The van der Waals surface area contributed by atoms with Gasteiger partial charge < -0.3 is 40.3 Å². The largest absolute Gasteiger partial charge is 0.463 e. The average Bonchev–Trinajstić information content (AvgIpc) is 3.96. The van der Waals surface area contributed by atoms with Crippen LogP contribution in [0.25, 0.3) is 10.4 Å². The molecule has 0 radical (unpaired) electrons. The molecule has 2 aliphatic rings. The van der Waals surface area contributed by atoms with Gasteiger partial charge in [0.1, 0.15) is 17.9 Å². The Bertz CT molecular complexity index is 2590. The molecule has 2 aromatic heterocycles. The minimum atomic E-state index is -0.939. The van der Waals surface area contributed by atoms with Crippen LogP contribution in [0.15, 0.2) is 89.5 Å². The molecule has 2 saturated heterocycles. The number of amides is 4. The number of carbonyl (C=O) groups is 4. The highest BCUT2D eigenvalue weighted by Gasteiger charge is 2.44. The number of hydrazone groups is 1. The lowest BCUT2D eigenvalue weighted by Gasteiger charge is -2.35. The van der Waals surface area contributed by atoms with Gasteiger partial charge in [-0.05, 0) is 66.5 Å². The van der Waals surface area contributed by atoms with Crippen LogP contribution in [0.5, 0.6) is 6.01 Å². The van der Waals surface area contributed by atoms with Gasteiger partial charge in [-0.3, -0.25) is 24.6 Å².